The lowest BCUT2D eigenvalue weighted by Gasteiger charge is -2.31. The predicted molar refractivity (Wildman–Crippen MR) is 129 cm³/mol. The molecule has 32 heavy (non-hydrogen) atoms. The number of ether oxygens (including phenoxy) is 1. The van der Waals surface area contributed by atoms with E-state index < -0.39 is 0 Å². The second-order valence-electron chi connectivity index (χ2n) is 8.67. The van der Waals surface area contributed by atoms with Gasteiger partial charge in [-0.3, -0.25) is 14.2 Å². The zero-order valence-electron chi connectivity index (χ0n) is 18.6. The van der Waals surface area contributed by atoms with Gasteiger partial charge >= 0.3 is 0 Å². The standard InChI is InChI=1S/C24H27N3O3S2/c1-14-7-8-18(15(2)11-14)27-23(29)21-17-5-4-6-19(17)32-22(21)25-24(27)31-13-20(28)26-9-10-30-16(3)12-26/h7-8,11,16H,4-6,9-10,12-13H2,1-3H3. The quantitative estimate of drug-likeness (QED) is 0.428. The van der Waals surface area contributed by atoms with E-state index in [1.54, 1.807) is 15.9 Å². The highest BCUT2D eigenvalue weighted by Gasteiger charge is 2.26. The molecule has 5 rings (SSSR count). The Labute approximate surface area is 195 Å². The van der Waals surface area contributed by atoms with Crippen LogP contribution < -0.4 is 5.56 Å². The van der Waals surface area contributed by atoms with Crippen molar-refractivity contribution in [1.29, 1.82) is 0 Å². The van der Waals surface area contributed by atoms with Crippen molar-refractivity contribution in [3.8, 4) is 5.69 Å². The third kappa shape index (κ3) is 3.89. The summed E-state index contributed by atoms with van der Waals surface area (Å²) in [4.78, 5) is 35.5. The summed E-state index contributed by atoms with van der Waals surface area (Å²) in [6, 6.07) is 6.09. The minimum Gasteiger partial charge on any atom is -0.375 e. The number of aromatic nitrogens is 2. The van der Waals surface area contributed by atoms with Gasteiger partial charge in [-0.15, -0.1) is 11.3 Å². The summed E-state index contributed by atoms with van der Waals surface area (Å²) in [5.41, 5.74) is 4.17. The average molecular weight is 470 g/mol. The molecule has 1 saturated heterocycles. The number of hydrogen-bond acceptors (Lipinski definition) is 6. The monoisotopic (exact) mass is 469 g/mol. The number of hydrogen-bond donors (Lipinski definition) is 0. The molecule has 1 aliphatic carbocycles. The summed E-state index contributed by atoms with van der Waals surface area (Å²) in [5, 5.41) is 1.35. The van der Waals surface area contributed by atoms with E-state index in [4.69, 9.17) is 9.72 Å². The number of aryl methyl sites for hydroxylation is 4. The number of benzene rings is 1. The molecule has 1 unspecified atom stereocenters. The molecule has 1 fully saturated rings. The molecule has 3 heterocycles. The highest BCUT2D eigenvalue weighted by molar-refractivity contribution is 7.99. The number of thioether (sulfide) groups is 1. The SMILES string of the molecule is Cc1ccc(-n2c(SCC(=O)N3CCOC(C)C3)nc3sc4c(c3c2=O)CCC4)c(C)c1. The molecule has 6 nitrogen and oxygen atoms in total. The van der Waals surface area contributed by atoms with E-state index in [2.05, 4.69) is 6.07 Å². The lowest BCUT2D eigenvalue weighted by Crippen LogP contribution is -2.45. The smallest absolute Gasteiger partial charge is 0.267 e. The Bertz CT molecular complexity index is 1260. The second-order valence-corrected chi connectivity index (χ2v) is 10.7. The Kier molecular flexibility index (Phi) is 5.86. The molecule has 1 atom stereocenters. The molecule has 1 aliphatic heterocycles. The van der Waals surface area contributed by atoms with Gasteiger partial charge in [0.2, 0.25) is 5.91 Å². The third-order valence-electron chi connectivity index (χ3n) is 6.22. The van der Waals surface area contributed by atoms with Gasteiger partial charge in [0, 0.05) is 18.0 Å². The molecule has 8 heteroatoms. The van der Waals surface area contributed by atoms with Crippen molar-refractivity contribution in [3.05, 3.63) is 50.1 Å². The zero-order valence-corrected chi connectivity index (χ0v) is 20.3. The van der Waals surface area contributed by atoms with Gasteiger partial charge in [-0.1, -0.05) is 29.5 Å². The molecule has 2 aliphatic rings. The molecule has 2 aromatic heterocycles. The van der Waals surface area contributed by atoms with Gasteiger partial charge < -0.3 is 9.64 Å². The van der Waals surface area contributed by atoms with Crippen molar-refractivity contribution in [3.63, 3.8) is 0 Å². The molecule has 1 amide bonds. The Balaban J connectivity index is 1.56. The van der Waals surface area contributed by atoms with Crippen LogP contribution in [0.4, 0.5) is 0 Å². The fourth-order valence-corrected chi connectivity index (χ4v) is 6.86. The summed E-state index contributed by atoms with van der Waals surface area (Å²) in [6.45, 7) is 7.83. The minimum atomic E-state index is -0.0173. The first-order valence-electron chi connectivity index (χ1n) is 11.1. The Hall–Kier alpha value is -2.16. The van der Waals surface area contributed by atoms with E-state index in [9.17, 15) is 9.59 Å². The number of nitrogens with zero attached hydrogens (tertiary/aromatic N) is 3. The summed E-state index contributed by atoms with van der Waals surface area (Å²) >= 11 is 2.99. The van der Waals surface area contributed by atoms with Crippen LogP contribution in [0.15, 0.2) is 28.2 Å². The molecular formula is C24H27N3O3S2. The summed E-state index contributed by atoms with van der Waals surface area (Å²) in [7, 11) is 0. The average Bonchev–Trinajstić information content (AvgIpc) is 3.34. The third-order valence-corrected chi connectivity index (χ3v) is 8.33. The molecular weight excluding hydrogens is 442 g/mol. The maximum atomic E-state index is 13.8. The van der Waals surface area contributed by atoms with Crippen LogP contribution in [0.25, 0.3) is 15.9 Å². The van der Waals surface area contributed by atoms with Crippen LogP contribution in [0, 0.1) is 13.8 Å². The van der Waals surface area contributed by atoms with Crippen LogP contribution in [0.3, 0.4) is 0 Å². The Morgan fingerprint density at radius 3 is 2.94 bits per heavy atom. The van der Waals surface area contributed by atoms with E-state index in [0.29, 0.717) is 24.9 Å². The molecule has 168 valence electrons. The van der Waals surface area contributed by atoms with Crippen LogP contribution in [0.2, 0.25) is 0 Å². The first-order valence-corrected chi connectivity index (χ1v) is 12.9. The maximum Gasteiger partial charge on any atom is 0.267 e. The lowest BCUT2D eigenvalue weighted by atomic mass is 10.1. The fraction of sp³-hybridized carbons (Fsp3) is 0.458. The molecule has 0 radical (unpaired) electrons. The van der Waals surface area contributed by atoms with E-state index in [-0.39, 0.29) is 23.3 Å². The Morgan fingerprint density at radius 1 is 1.31 bits per heavy atom. The van der Waals surface area contributed by atoms with Crippen molar-refractivity contribution < 1.29 is 9.53 Å². The van der Waals surface area contributed by atoms with Crippen LogP contribution in [0.5, 0.6) is 0 Å². The molecule has 0 bridgehead atoms. The van der Waals surface area contributed by atoms with Crippen LogP contribution in [0.1, 0.15) is 34.9 Å². The van der Waals surface area contributed by atoms with Gasteiger partial charge in [0.05, 0.1) is 29.5 Å². The molecule has 0 spiro atoms. The van der Waals surface area contributed by atoms with Gasteiger partial charge in [0.15, 0.2) is 5.16 Å². The summed E-state index contributed by atoms with van der Waals surface area (Å²) < 4.78 is 7.28. The zero-order chi connectivity index (χ0) is 22.4. The highest BCUT2D eigenvalue weighted by atomic mass is 32.2. The first kappa shape index (κ1) is 21.7. The number of amides is 1. The number of rotatable bonds is 4. The van der Waals surface area contributed by atoms with Gasteiger partial charge in [-0.2, -0.15) is 0 Å². The number of thiophene rings is 1. The van der Waals surface area contributed by atoms with Crippen LogP contribution >= 0.6 is 23.1 Å². The lowest BCUT2D eigenvalue weighted by molar-refractivity contribution is -0.135. The largest absolute Gasteiger partial charge is 0.375 e. The number of carbonyl (C=O) groups excluding carboxylic acids is 1. The topological polar surface area (TPSA) is 64.4 Å². The second kappa shape index (κ2) is 8.65. The maximum absolute atomic E-state index is 13.8. The number of fused-ring (bicyclic) bond motifs is 3. The molecule has 0 saturated carbocycles. The van der Waals surface area contributed by atoms with Crippen molar-refractivity contribution >= 4 is 39.2 Å². The van der Waals surface area contributed by atoms with E-state index in [1.165, 1.54) is 22.2 Å². The van der Waals surface area contributed by atoms with Gasteiger partial charge in [0.1, 0.15) is 4.83 Å². The Morgan fingerprint density at radius 2 is 2.16 bits per heavy atom. The van der Waals surface area contributed by atoms with Crippen LogP contribution in [-0.4, -0.2) is 51.9 Å². The number of carbonyl (C=O) groups is 1. The molecule has 0 N–H and O–H groups in total. The summed E-state index contributed by atoms with van der Waals surface area (Å²) in [5.74, 6) is 0.307. The van der Waals surface area contributed by atoms with Gasteiger partial charge in [-0.25, -0.2) is 4.98 Å². The van der Waals surface area contributed by atoms with Crippen LogP contribution in [-0.2, 0) is 22.4 Å². The van der Waals surface area contributed by atoms with Gasteiger partial charge in [-0.05, 0) is 57.2 Å². The number of morpholine rings is 1. The van der Waals surface area contributed by atoms with Crippen molar-refractivity contribution in [2.24, 2.45) is 0 Å². The van der Waals surface area contributed by atoms with Gasteiger partial charge in [0.25, 0.3) is 5.56 Å². The fourth-order valence-electron chi connectivity index (χ4n) is 4.65. The van der Waals surface area contributed by atoms with E-state index >= 15 is 0 Å². The van der Waals surface area contributed by atoms with Crippen molar-refractivity contribution in [2.45, 2.75) is 51.3 Å². The van der Waals surface area contributed by atoms with Crippen molar-refractivity contribution in [2.75, 3.05) is 25.4 Å². The van der Waals surface area contributed by atoms with E-state index in [0.717, 1.165) is 46.3 Å². The summed E-state index contributed by atoms with van der Waals surface area (Å²) in [6.07, 6.45) is 3.12. The minimum absolute atomic E-state index is 0.0173. The first-order chi connectivity index (χ1) is 15.4. The normalized spacial score (nSPS) is 18.3. The molecule has 3 aromatic rings. The predicted octanol–water partition coefficient (Wildman–Crippen LogP) is 3.89. The van der Waals surface area contributed by atoms with E-state index in [1.807, 2.05) is 37.8 Å². The molecule has 1 aromatic carbocycles. The highest BCUT2D eigenvalue weighted by Crippen LogP contribution is 2.36. The van der Waals surface area contributed by atoms with Crippen molar-refractivity contribution in [1.82, 2.24) is 14.5 Å².